The Labute approximate surface area is 166 Å². The van der Waals surface area contributed by atoms with Crippen molar-refractivity contribution in [3.63, 3.8) is 0 Å². The lowest BCUT2D eigenvalue weighted by Crippen LogP contribution is -2.52. The highest BCUT2D eigenvalue weighted by Gasteiger charge is 2.39. The van der Waals surface area contributed by atoms with Crippen molar-refractivity contribution in [1.29, 1.82) is 0 Å². The van der Waals surface area contributed by atoms with Crippen LogP contribution in [0, 0.1) is 6.92 Å². The van der Waals surface area contributed by atoms with Crippen LogP contribution < -0.4 is 5.32 Å². The summed E-state index contributed by atoms with van der Waals surface area (Å²) in [6, 6.07) is 6.55. The van der Waals surface area contributed by atoms with E-state index in [1.807, 2.05) is 6.07 Å². The van der Waals surface area contributed by atoms with Crippen LogP contribution in [0.25, 0.3) is 11.3 Å². The minimum Gasteiger partial charge on any atom is -0.465 e. The highest BCUT2D eigenvalue weighted by atomic mass is 16.5. The molecule has 1 N–H and O–H groups in total. The van der Waals surface area contributed by atoms with Gasteiger partial charge in [0.05, 0.1) is 18.4 Å². The Morgan fingerprint density at radius 2 is 2.03 bits per heavy atom. The lowest BCUT2D eigenvalue weighted by atomic mass is 10.0. The van der Waals surface area contributed by atoms with Crippen molar-refractivity contribution < 1.29 is 23.9 Å². The molecule has 0 aliphatic carbocycles. The van der Waals surface area contributed by atoms with Gasteiger partial charge < -0.3 is 9.64 Å². The Balaban J connectivity index is 1.61. The molecular formula is C21H19N3O5. The van der Waals surface area contributed by atoms with Crippen LogP contribution >= 0.6 is 0 Å². The molecule has 0 radical (unpaired) electrons. The van der Waals surface area contributed by atoms with Gasteiger partial charge in [-0.3, -0.25) is 24.7 Å². The van der Waals surface area contributed by atoms with Crippen LogP contribution in [-0.4, -0.2) is 46.7 Å². The Kier molecular flexibility index (Phi) is 4.62. The van der Waals surface area contributed by atoms with Gasteiger partial charge in [-0.15, -0.1) is 0 Å². The van der Waals surface area contributed by atoms with E-state index in [-0.39, 0.29) is 18.2 Å². The lowest BCUT2D eigenvalue weighted by Gasteiger charge is -2.29. The van der Waals surface area contributed by atoms with Gasteiger partial charge in [0.2, 0.25) is 11.8 Å². The average Bonchev–Trinajstić information content (AvgIpc) is 3.03. The molecule has 2 aliphatic rings. The first kappa shape index (κ1) is 18.8. The van der Waals surface area contributed by atoms with Crippen molar-refractivity contribution in [3.05, 3.63) is 52.7 Å². The first-order valence-corrected chi connectivity index (χ1v) is 9.22. The van der Waals surface area contributed by atoms with Gasteiger partial charge in [-0.1, -0.05) is 6.07 Å². The van der Waals surface area contributed by atoms with Crippen molar-refractivity contribution in [2.24, 2.45) is 0 Å². The second-order valence-corrected chi connectivity index (χ2v) is 7.15. The largest absolute Gasteiger partial charge is 0.465 e. The number of esters is 1. The number of pyridine rings is 1. The number of piperidine rings is 1. The van der Waals surface area contributed by atoms with Crippen molar-refractivity contribution in [2.75, 3.05) is 7.11 Å². The van der Waals surface area contributed by atoms with Crippen molar-refractivity contribution in [1.82, 2.24) is 15.2 Å². The summed E-state index contributed by atoms with van der Waals surface area (Å²) in [4.78, 5) is 53.9. The van der Waals surface area contributed by atoms with E-state index in [9.17, 15) is 19.2 Å². The number of nitrogens with zero attached hydrogens (tertiary/aromatic N) is 2. The van der Waals surface area contributed by atoms with Gasteiger partial charge in [-0.05, 0) is 42.7 Å². The number of fused-ring (bicyclic) bond motifs is 1. The maximum absolute atomic E-state index is 12.8. The summed E-state index contributed by atoms with van der Waals surface area (Å²) < 4.78 is 4.74. The normalized spacial score (nSPS) is 18.5. The fourth-order valence-electron chi connectivity index (χ4n) is 3.77. The van der Waals surface area contributed by atoms with Gasteiger partial charge >= 0.3 is 5.97 Å². The summed E-state index contributed by atoms with van der Waals surface area (Å²) >= 11 is 0. The molecule has 8 heteroatoms. The molecule has 29 heavy (non-hydrogen) atoms. The van der Waals surface area contributed by atoms with Crippen LogP contribution in [0.15, 0.2) is 30.5 Å². The zero-order chi connectivity index (χ0) is 20.7. The molecule has 2 aliphatic heterocycles. The monoisotopic (exact) mass is 393 g/mol. The second-order valence-electron chi connectivity index (χ2n) is 7.15. The van der Waals surface area contributed by atoms with E-state index in [2.05, 4.69) is 10.3 Å². The number of hydrogen-bond donors (Lipinski definition) is 1. The number of hydrogen-bond acceptors (Lipinski definition) is 6. The number of benzene rings is 1. The number of aromatic nitrogens is 1. The van der Waals surface area contributed by atoms with E-state index in [4.69, 9.17) is 4.74 Å². The molecule has 4 rings (SSSR count). The summed E-state index contributed by atoms with van der Waals surface area (Å²) in [6.07, 6.45) is 2.02. The van der Waals surface area contributed by atoms with E-state index in [1.165, 1.54) is 18.2 Å². The Hall–Kier alpha value is -3.55. The number of ether oxygens (including phenoxy) is 1. The molecule has 2 aromatic rings. The maximum Gasteiger partial charge on any atom is 0.339 e. The van der Waals surface area contributed by atoms with Crippen molar-refractivity contribution in [3.8, 4) is 11.3 Å². The van der Waals surface area contributed by atoms with Crippen LogP contribution in [0.3, 0.4) is 0 Å². The number of amides is 3. The Bertz CT molecular complexity index is 1060. The van der Waals surface area contributed by atoms with Crippen LogP contribution in [0.2, 0.25) is 0 Å². The van der Waals surface area contributed by atoms with Crippen molar-refractivity contribution in [2.45, 2.75) is 32.4 Å². The molecule has 1 fully saturated rings. The molecular weight excluding hydrogens is 374 g/mol. The smallest absolute Gasteiger partial charge is 0.339 e. The summed E-state index contributed by atoms with van der Waals surface area (Å²) in [5, 5.41) is 2.30. The number of imide groups is 1. The van der Waals surface area contributed by atoms with Gasteiger partial charge in [0.1, 0.15) is 6.04 Å². The van der Waals surface area contributed by atoms with Crippen molar-refractivity contribution >= 4 is 23.7 Å². The molecule has 8 nitrogen and oxygen atoms in total. The molecule has 0 saturated carbocycles. The van der Waals surface area contributed by atoms with Gasteiger partial charge in [0.25, 0.3) is 5.91 Å². The van der Waals surface area contributed by atoms with Gasteiger partial charge in [-0.2, -0.15) is 0 Å². The predicted molar refractivity (Wildman–Crippen MR) is 102 cm³/mol. The Morgan fingerprint density at radius 1 is 1.24 bits per heavy atom. The Morgan fingerprint density at radius 3 is 2.72 bits per heavy atom. The molecule has 1 unspecified atom stereocenters. The third-order valence-electron chi connectivity index (χ3n) is 5.34. The fraction of sp³-hybridized carbons (Fsp3) is 0.286. The molecule has 0 bridgehead atoms. The number of carbonyl (C=O) groups excluding carboxylic acids is 4. The van der Waals surface area contributed by atoms with Gasteiger partial charge in [-0.25, -0.2) is 4.79 Å². The summed E-state index contributed by atoms with van der Waals surface area (Å²) in [6.45, 7) is 2.10. The lowest BCUT2D eigenvalue weighted by molar-refractivity contribution is -0.136. The van der Waals surface area contributed by atoms with E-state index < -0.39 is 17.9 Å². The zero-order valence-electron chi connectivity index (χ0n) is 16.0. The third kappa shape index (κ3) is 3.26. The highest BCUT2D eigenvalue weighted by molar-refractivity contribution is 6.05. The topological polar surface area (TPSA) is 106 Å². The molecule has 1 saturated heterocycles. The minimum atomic E-state index is -0.643. The first-order valence-electron chi connectivity index (χ1n) is 9.22. The standard InChI is InChI=1S/C21H19N3O5/c1-11-7-16(22-9-15(11)21(28)29-2)12-3-4-14-13(8-12)10-24(20(14)27)17-5-6-18(25)23-19(17)26/h3-4,7-9,17H,5-6,10H2,1-2H3,(H,23,25,26). The zero-order valence-corrected chi connectivity index (χ0v) is 16.0. The maximum atomic E-state index is 12.8. The SMILES string of the molecule is COC(=O)c1cnc(-c2ccc3c(c2)CN(C2CCC(=O)NC2=O)C3=O)cc1C. The molecule has 148 valence electrons. The van der Waals surface area contributed by atoms with Crippen LogP contribution in [0.5, 0.6) is 0 Å². The molecule has 1 aromatic carbocycles. The highest BCUT2D eigenvalue weighted by Crippen LogP contribution is 2.31. The average molecular weight is 393 g/mol. The van der Waals surface area contributed by atoms with Gasteiger partial charge in [0, 0.05) is 30.3 Å². The molecule has 1 atom stereocenters. The minimum absolute atomic E-state index is 0.216. The van der Waals surface area contributed by atoms with Crippen LogP contribution in [0.1, 0.15) is 44.7 Å². The predicted octanol–water partition coefficient (Wildman–Crippen LogP) is 1.60. The second kappa shape index (κ2) is 7.12. The van der Waals surface area contributed by atoms with E-state index in [1.54, 1.807) is 25.1 Å². The van der Waals surface area contributed by atoms with Crippen LogP contribution in [-0.2, 0) is 20.9 Å². The summed E-state index contributed by atoms with van der Waals surface area (Å²) in [5.41, 5.74) is 3.96. The van der Waals surface area contributed by atoms with E-state index >= 15 is 0 Å². The third-order valence-corrected chi connectivity index (χ3v) is 5.34. The number of rotatable bonds is 3. The quantitative estimate of drug-likeness (QED) is 0.627. The van der Waals surface area contributed by atoms with E-state index in [0.717, 1.165) is 16.7 Å². The number of methoxy groups -OCH3 is 1. The number of carbonyl (C=O) groups is 4. The van der Waals surface area contributed by atoms with E-state index in [0.29, 0.717) is 29.8 Å². The molecule has 3 heterocycles. The molecule has 3 amide bonds. The fourth-order valence-corrected chi connectivity index (χ4v) is 3.77. The number of nitrogens with one attached hydrogen (secondary N) is 1. The first-order chi connectivity index (χ1) is 13.9. The molecule has 0 spiro atoms. The van der Waals surface area contributed by atoms with Crippen LogP contribution in [0.4, 0.5) is 0 Å². The van der Waals surface area contributed by atoms with Gasteiger partial charge in [0.15, 0.2) is 0 Å². The summed E-state index contributed by atoms with van der Waals surface area (Å²) in [5.74, 6) is -1.40. The summed E-state index contributed by atoms with van der Waals surface area (Å²) in [7, 11) is 1.32. The number of aryl methyl sites for hydroxylation is 1. The molecule has 1 aromatic heterocycles.